The molecule has 30 heavy (non-hydrogen) atoms. The van der Waals surface area contributed by atoms with E-state index < -0.39 is 10.9 Å². The normalized spacial score (nSPS) is 14.5. The number of hydrogen-bond donors (Lipinski definition) is 3. The van der Waals surface area contributed by atoms with Crippen molar-refractivity contribution in [2.45, 2.75) is 47.2 Å². The van der Waals surface area contributed by atoms with Crippen molar-refractivity contribution in [3.05, 3.63) is 72.9 Å². The summed E-state index contributed by atoms with van der Waals surface area (Å²) in [6.07, 6.45) is 0. The summed E-state index contributed by atoms with van der Waals surface area (Å²) in [5.74, 6) is 1.27. The van der Waals surface area contributed by atoms with E-state index in [-0.39, 0.29) is 28.7 Å². The molecule has 0 radical (unpaired) electrons. The van der Waals surface area contributed by atoms with Crippen LogP contribution in [0.15, 0.2) is 38.3 Å². The first-order valence-electron chi connectivity index (χ1n) is 9.92. The summed E-state index contributed by atoms with van der Waals surface area (Å²) in [7, 11) is 0. The van der Waals surface area contributed by atoms with Crippen molar-refractivity contribution in [1.82, 2.24) is 5.32 Å². The van der Waals surface area contributed by atoms with Gasteiger partial charge in [0, 0.05) is 6.54 Å². The third-order valence-corrected chi connectivity index (χ3v) is 5.57. The second-order valence-electron chi connectivity index (χ2n) is 8.89. The van der Waals surface area contributed by atoms with E-state index in [0.29, 0.717) is 23.6 Å². The van der Waals surface area contributed by atoms with E-state index >= 15 is 0 Å². The monoisotopic (exact) mass is 407 g/mol. The van der Waals surface area contributed by atoms with Crippen molar-refractivity contribution in [2.75, 3.05) is 10.6 Å². The van der Waals surface area contributed by atoms with Gasteiger partial charge in [-0.1, -0.05) is 26.8 Å². The Morgan fingerprint density at radius 3 is 2.33 bits per heavy atom. The SMILES string of the molecule is Cc1ccc([C@H](Nc2c(Nc3ccc(C)c4c3C(=O)NC4)c(=O)c2=O)C(C)(C)C)o1. The zero-order valence-corrected chi connectivity index (χ0v) is 17.7. The van der Waals surface area contributed by atoms with Gasteiger partial charge in [0.2, 0.25) is 0 Å². The van der Waals surface area contributed by atoms with E-state index in [1.807, 2.05) is 52.8 Å². The predicted octanol–water partition coefficient (Wildman–Crippen LogP) is 3.68. The highest BCUT2D eigenvalue weighted by molar-refractivity contribution is 6.05. The van der Waals surface area contributed by atoms with Crippen LogP contribution in [0.25, 0.3) is 0 Å². The molecular formula is C23H25N3O4. The maximum Gasteiger partial charge on any atom is 0.254 e. The second-order valence-corrected chi connectivity index (χ2v) is 8.89. The quantitative estimate of drug-likeness (QED) is 0.558. The Kier molecular flexibility index (Phi) is 4.56. The summed E-state index contributed by atoms with van der Waals surface area (Å²) in [6.45, 7) is 10.3. The highest BCUT2D eigenvalue weighted by Gasteiger charge is 2.33. The molecule has 1 amide bonds. The van der Waals surface area contributed by atoms with Crippen molar-refractivity contribution in [3.8, 4) is 0 Å². The average Bonchev–Trinajstić information content (AvgIpc) is 3.28. The standard InChI is InChI=1S/C23H25N3O4/c1-11-6-8-14(16-13(11)10-24-22(16)29)25-17-18(20(28)19(17)27)26-21(23(3,4)5)15-9-7-12(2)30-15/h6-9,21,25-26H,10H2,1-5H3,(H,24,29)/t21-/m0/s1. The first kappa shape index (κ1) is 19.9. The number of rotatable bonds is 5. The molecule has 0 saturated heterocycles. The Labute approximate surface area is 174 Å². The summed E-state index contributed by atoms with van der Waals surface area (Å²) in [4.78, 5) is 37.1. The predicted molar refractivity (Wildman–Crippen MR) is 116 cm³/mol. The molecular weight excluding hydrogens is 382 g/mol. The van der Waals surface area contributed by atoms with E-state index in [0.717, 1.165) is 16.9 Å². The molecule has 1 atom stereocenters. The van der Waals surface area contributed by atoms with Gasteiger partial charge in [-0.25, -0.2) is 0 Å². The largest absolute Gasteiger partial charge is 0.464 e. The lowest BCUT2D eigenvalue weighted by Gasteiger charge is -2.31. The first-order chi connectivity index (χ1) is 14.1. The molecule has 0 saturated carbocycles. The molecule has 1 aliphatic heterocycles. The molecule has 156 valence electrons. The number of hydrogen-bond acceptors (Lipinski definition) is 6. The molecule has 2 heterocycles. The van der Waals surface area contributed by atoms with Crippen LogP contribution in [0.5, 0.6) is 0 Å². The van der Waals surface area contributed by atoms with Gasteiger partial charge in [-0.05, 0) is 48.6 Å². The Morgan fingerprint density at radius 1 is 1.00 bits per heavy atom. The third kappa shape index (κ3) is 3.20. The van der Waals surface area contributed by atoms with E-state index in [1.54, 1.807) is 6.07 Å². The Hall–Kier alpha value is -3.35. The van der Waals surface area contributed by atoms with Crippen molar-refractivity contribution < 1.29 is 9.21 Å². The molecule has 0 fully saturated rings. The summed E-state index contributed by atoms with van der Waals surface area (Å²) in [5.41, 5.74) is 1.84. The van der Waals surface area contributed by atoms with Crippen LogP contribution in [0.1, 0.15) is 59.8 Å². The highest BCUT2D eigenvalue weighted by Crippen LogP contribution is 2.38. The lowest BCUT2D eigenvalue weighted by Crippen LogP contribution is -2.39. The Balaban J connectivity index is 1.70. The van der Waals surface area contributed by atoms with Gasteiger partial charge in [-0.15, -0.1) is 0 Å². The molecule has 0 aliphatic carbocycles. The van der Waals surface area contributed by atoms with E-state index in [1.165, 1.54) is 0 Å². The van der Waals surface area contributed by atoms with Crippen molar-refractivity contribution in [3.63, 3.8) is 0 Å². The molecule has 2 aromatic carbocycles. The third-order valence-electron chi connectivity index (χ3n) is 5.57. The van der Waals surface area contributed by atoms with Crippen LogP contribution < -0.4 is 26.8 Å². The van der Waals surface area contributed by atoms with Crippen molar-refractivity contribution in [1.29, 1.82) is 0 Å². The van der Waals surface area contributed by atoms with Gasteiger partial charge in [-0.3, -0.25) is 14.4 Å². The molecule has 7 heteroatoms. The zero-order valence-electron chi connectivity index (χ0n) is 17.7. The van der Waals surface area contributed by atoms with Gasteiger partial charge in [0.15, 0.2) is 0 Å². The van der Waals surface area contributed by atoms with Crippen LogP contribution in [-0.4, -0.2) is 5.91 Å². The van der Waals surface area contributed by atoms with Gasteiger partial charge >= 0.3 is 0 Å². The zero-order chi connectivity index (χ0) is 21.8. The number of amides is 1. The van der Waals surface area contributed by atoms with Gasteiger partial charge < -0.3 is 20.4 Å². The van der Waals surface area contributed by atoms with Gasteiger partial charge in [0.1, 0.15) is 22.9 Å². The number of carbonyl (C=O) groups excluding carboxylic acids is 1. The summed E-state index contributed by atoms with van der Waals surface area (Å²) < 4.78 is 5.79. The first-order valence-corrected chi connectivity index (χ1v) is 9.92. The topological polar surface area (TPSA) is 100 Å². The summed E-state index contributed by atoms with van der Waals surface area (Å²) >= 11 is 0. The number of aryl methyl sites for hydroxylation is 2. The number of furan rings is 1. The van der Waals surface area contributed by atoms with Gasteiger partial charge in [-0.2, -0.15) is 0 Å². The summed E-state index contributed by atoms with van der Waals surface area (Å²) in [6, 6.07) is 7.07. The Morgan fingerprint density at radius 2 is 1.70 bits per heavy atom. The molecule has 1 aliphatic rings. The van der Waals surface area contributed by atoms with Crippen LogP contribution in [0.3, 0.4) is 0 Å². The van der Waals surface area contributed by atoms with Crippen LogP contribution in [-0.2, 0) is 6.54 Å². The fourth-order valence-electron chi connectivity index (χ4n) is 3.85. The smallest absolute Gasteiger partial charge is 0.254 e. The molecule has 1 aromatic heterocycles. The number of benzene rings is 1. The van der Waals surface area contributed by atoms with Crippen LogP contribution in [0, 0.1) is 19.3 Å². The number of anilines is 3. The number of carbonyl (C=O) groups is 1. The number of fused-ring (bicyclic) bond motifs is 1. The van der Waals surface area contributed by atoms with E-state index in [4.69, 9.17) is 4.42 Å². The molecule has 3 aromatic rings. The lowest BCUT2D eigenvalue weighted by molar-refractivity contribution is 0.0966. The Bertz CT molecular complexity index is 1220. The molecule has 0 spiro atoms. The van der Waals surface area contributed by atoms with E-state index in [9.17, 15) is 14.4 Å². The average molecular weight is 407 g/mol. The fraction of sp³-hybridized carbons (Fsp3) is 0.348. The highest BCUT2D eigenvalue weighted by atomic mass is 16.3. The maximum absolute atomic E-state index is 12.4. The van der Waals surface area contributed by atoms with Crippen molar-refractivity contribution >= 4 is 23.0 Å². The van der Waals surface area contributed by atoms with Crippen LogP contribution >= 0.6 is 0 Å². The minimum Gasteiger partial charge on any atom is -0.464 e. The molecule has 4 rings (SSSR count). The molecule has 3 N–H and O–H groups in total. The van der Waals surface area contributed by atoms with Crippen LogP contribution in [0.2, 0.25) is 0 Å². The number of nitrogens with one attached hydrogen (secondary N) is 3. The van der Waals surface area contributed by atoms with Crippen molar-refractivity contribution in [2.24, 2.45) is 5.41 Å². The lowest BCUT2D eigenvalue weighted by atomic mass is 9.85. The minimum absolute atomic E-state index is 0.170. The molecule has 0 unspecified atom stereocenters. The summed E-state index contributed by atoms with van der Waals surface area (Å²) in [5, 5.41) is 9.06. The van der Waals surface area contributed by atoms with Gasteiger partial charge in [0.25, 0.3) is 16.8 Å². The van der Waals surface area contributed by atoms with Gasteiger partial charge in [0.05, 0.1) is 17.3 Å². The second kappa shape index (κ2) is 6.86. The molecule has 0 bridgehead atoms. The maximum atomic E-state index is 12.4. The molecule has 7 nitrogen and oxygen atoms in total. The van der Waals surface area contributed by atoms with Crippen LogP contribution in [0.4, 0.5) is 17.1 Å². The van der Waals surface area contributed by atoms with E-state index in [2.05, 4.69) is 16.0 Å². The minimum atomic E-state index is -0.603. The fourth-order valence-corrected chi connectivity index (χ4v) is 3.85.